The second-order valence-electron chi connectivity index (χ2n) is 2.93. The molecule has 17 heavy (non-hydrogen) atoms. The zero-order chi connectivity index (χ0) is 13.1. The highest BCUT2D eigenvalue weighted by molar-refractivity contribution is 5.95. The number of hydrogen-bond acceptors (Lipinski definition) is 3. The lowest BCUT2D eigenvalue weighted by Crippen LogP contribution is -2.18. The first-order valence-electron chi connectivity index (χ1n) is 4.26. The van der Waals surface area contributed by atoms with E-state index in [0.717, 1.165) is 24.6 Å². The SMILES string of the molecule is N#C[CH]c1ccc(OC(F)(F)F)cc1C(N)=O. The summed E-state index contributed by atoms with van der Waals surface area (Å²) in [5, 5.41) is 8.41. The van der Waals surface area contributed by atoms with Crippen molar-refractivity contribution in [3.05, 3.63) is 35.7 Å². The van der Waals surface area contributed by atoms with Gasteiger partial charge < -0.3 is 10.5 Å². The molecule has 0 atom stereocenters. The molecule has 2 N–H and O–H groups in total. The number of amides is 1. The number of benzene rings is 1. The lowest BCUT2D eigenvalue weighted by Gasteiger charge is -2.10. The average molecular weight is 243 g/mol. The van der Waals surface area contributed by atoms with Crippen molar-refractivity contribution in [3.63, 3.8) is 0 Å². The summed E-state index contributed by atoms with van der Waals surface area (Å²) in [7, 11) is 0. The van der Waals surface area contributed by atoms with Crippen LogP contribution in [0.1, 0.15) is 15.9 Å². The van der Waals surface area contributed by atoms with Gasteiger partial charge in [0.05, 0.1) is 12.5 Å². The van der Waals surface area contributed by atoms with Gasteiger partial charge in [-0.2, -0.15) is 5.26 Å². The van der Waals surface area contributed by atoms with Crippen LogP contribution in [0.4, 0.5) is 13.2 Å². The van der Waals surface area contributed by atoms with Crippen LogP contribution in [0, 0.1) is 17.8 Å². The van der Waals surface area contributed by atoms with Crippen LogP contribution in [-0.4, -0.2) is 12.3 Å². The highest BCUT2D eigenvalue weighted by Gasteiger charge is 2.31. The molecule has 0 spiro atoms. The molecule has 89 valence electrons. The van der Waals surface area contributed by atoms with E-state index in [1.807, 2.05) is 0 Å². The highest BCUT2D eigenvalue weighted by Crippen LogP contribution is 2.25. The summed E-state index contributed by atoms with van der Waals surface area (Å²) in [6.07, 6.45) is -3.85. The molecule has 0 heterocycles. The van der Waals surface area contributed by atoms with Crippen LogP contribution in [0.2, 0.25) is 0 Å². The predicted octanol–water partition coefficient (Wildman–Crippen LogP) is 1.76. The summed E-state index contributed by atoms with van der Waals surface area (Å²) < 4.78 is 39.4. The lowest BCUT2D eigenvalue weighted by atomic mass is 10.0. The van der Waals surface area contributed by atoms with Gasteiger partial charge in [0, 0.05) is 5.56 Å². The smallest absolute Gasteiger partial charge is 0.406 e. The van der Waals surface area contributed by atoms with Gasteiger partial charge >= 0.3 is 6.36 Å². The highest BCUT2D eigenvalue weighted by atomic mass is 19.4. The fraction of sp³-hybridized carbons (Fsp3) is 0.100. The third-order valence-corrected chi connectivity index (χ3v) is 1.74. The van der Waals surface area contributed by atoms with Crippen LogP contribution in [-0.2, 0) is 0 Å². The van der Waals surface area contributed by atoms with E-state index >= 15 is 0 Å². The maximum absolute atomic E-state index is 11.9. The number of hydrogen-bond donors (Lipinski definition) is 1. The van der Waals surface area contributed by atoms with Crippen LogP contribution in [0.15, 0.2) is 18.2 Å². The van der Waals surface area contributed by atoms with Crippen molar-refractivity contribution < 1.29 is 22.7 Å². The van der Waals surface area contributed by atoms with Crippen molar-refractivity contribution in [2.24, 2.45) is 5.73 Å². The Labute approximate surface area is 94.4 Å². The van der Waals surface area contributed by atoms with Gasteiger partial charge in [0.2, 0.25) is 5.91 Å². The van der Waals surface area contributed by atoms with Crippen molar-refractivity contribution >= 4 is 5.91 Å². The average Bonchev–Trinajstić information content (AvgIpc) is 2.18. The molecule has 0 saturated carbocycles. The molecule has 0 aromatic heterocycles. The minimum absolute atomic E-state index is 0.134. The van der Waals surface area contributed by atoms with Gasteiger partial charge in [0.15, 0.2) is 0 Å². The lowest BCUT2D eigenvalue weighted by molar-refractivity contribution is -0.274. The number of primary amides is 1. The van der Waals surface area contributed by atoms with Gasteiger partial charge in [-0.15, -0.1) is 13.2 Å². The quantitative estimate of drug-likeness (QED) is 0.878. The number of carbonyl (C=O) groups is 1. The van der Waals surface area contributed by atoms with Crippen LogP contribution in [0.25, 0.3) is 0 Å². The number of carbonyl (C=O) groups excluding carboxylic acids is 1. The third kappa shape index (κ3) is 3.68. The van der Waals surface area contributed by atoms with Crippen LogP contribution >= 0.6 is 0 Å². The Morgan fingerprint density at radius 1 is 1.47 bits per heavy atom. The van der Waals surface area contributed by atoms with Crippen LogP contribution in [0.3, 0.4) is 0 Å². The topological polar surface area (TPSA) is 76.1 Å². The second-order valence-corrected chi connectivity index (χ2v) is 2.93. The van der Waals surface area contributed by atoms with E-state index in [2.05, 4.69) is 4.74 Å². The molecule has 0 unspecified atom stereocenters. The van der Waals surface area contributed by atoms with Crippen LogP contribution < -0.4 is 10.5 Å². The first kappa shape index (κ1) is 12.8. The first-order chi connectivity index (χ1) is 7.83. The van der Waals surface area contributed by atoms with Gasteiger partial charge in [-0.1, -0.05) is 6.07 Å². The molecule has 0 fully saturated rings. The number of alkyl halides is 3. The minimum Gasteiger partial charge on any atom is -0.406 e. The number of nitrogens with zero attached hydrogens (tertiary/aromatic N) is 1. The van der Waals surface area contributed by atoms with Gasteiger partial charge in [-0.25, -0.2) is 0 Å². The standard InChI is InChI=1S/C10H6F3N2O2/c11-10(12,13)17-7-2-1-6(3-4-14)8(5-7)9(15)16/h1-3,5H,(H2,15,16). The Morgan fingerprint density at radius 2 is 2.12 bits per heavy atom. The molecular formula is C10H6F3N2O2. The maximum Gasteiger partial charge on any atom is 0.573 e. The Bertz CT molecular complexity index is 477. The normalized spacial score (nSPS) is 10.7. The van der Waals surface area contributed by atoms with E-state index in [4.69, 9.17) is 11.0 Å². The van der Waals surface area contributed by atoms with E-state index in [1.54, 1.807) is 6.07 Å². The molecule has 0 aliphatic carbocycles. The fourth-order valence-corrected chi connectivity index (χ4v) is 1.14. The molecule has 1 amide bonds. The zero-order valence-electron chi connectivity index (χ0n) is 8.28. The molecule has 0 aliphatic heterocycles. The Hall–Kier alpha value is -2.23. The number of rotatable bonds is 3. The van der Waals surface area contributed by atoms with Crippen molar-refractivity contribution in [1.29, 1.82) is 5.26 Å². The maximum atomic E-state index is 11.9. The van der Waals surface area contributed by atoms with Crippen molar-refractivity contribution in [2.45, 2.75) is 6.36 Å². The number of nitriles is 1. The summed E-state index contributed by atoms with van der Waals surface area (Å²) in [5.74, 6) is -1.51. The summed E-state index contributed by atoms with van der Waals surface area (Å²) in [6.45, 7) is 0. The first-order valence-corrected chi connectivity index (χ1v) is 4.26. The van der Waals surface area contributed by atoms with Gasteiger partial charge in [-0.05, 0) is 17.7 Å². The molecule has 1 aromatic rings. The second kappa shape index (κ2) is 4.74. The number of nitrogens with two attached hydrogens (primary N) is 1. The minimum atomic E-state index is -4.85. The van der Waals surface area contributed by atoms with Crippen molar-refractivity contribution in [3.8, 4) is 11.8 Å². The molecule has 1 rings (SSSR count). The van der Waals surface area contributed by atoms with Crippen molar-refractivity contribution in [1.82, 2.24) is 0 Å². The van der Waals surface area contributed by atoms with Crippen molar-refractivity contribution in [2.75, 3.05) is 0 Å². The molecule has 0 saturated heterocycles. The van der Waals surface area contributed by atoms with E-state index in [1.165, 1.54) is 0 Å². The summed E-state index contributed by atoms with van der Waals surface area (Å²) in [4.78, 5) is 11.0. The van der Waals surface area contributed by atoms with E-state index in [0.29, 0.717) is 0 Å². The third-order valence-electron chi connectivity index (χ3n) is 1.74. The van der Waals surface area contributed by atoms with Gasteiger partial charge in [0.1, 0.15) is 5.75 Å². The molecule has 4 nitrogen and oxygen atoms in total. The molecule has 0 bridgehead atoms. The molecule has 0 aliphatic rings. The fourth-order valence-electron chi connectivity index (χ4n) is 1.14. The van der Waals surface area contributed by atoms with Gasteiger partial charge in [0.25, 0.3) is 0 Å². The number of halogens is 3. The van der Waals surface area contributed by atoms with E-state index in [-0.39, 0.29) is 11.1 Å². The monoisotopic (exact) mass is 243 g/mol. The molecular weight excluding hydrogens is 237 g/mol. The zero-order valence-corrected chi connectivity index (χ0v) is 8.28. The summed E-state index contributed by atoms with van der Waals surface area (Å²) in [5.41, 5.74) is 4.89. The van der Waals surface area contributed by atoms with Crippen LogP contribution in [0.5, 0.6) is 5.75 Å². The van der Waals surface area contributed by atoms with Gasteiger partial charge in [-0.3, -0.25) is 4.79 Å². The Kier molecular flexibility index (Phi) is 3.58. The predicted molar refractivity (Wildman–Crippen MR) is 50.7 cm³/mol. The number of ether oxygens (including phenoxy) is 1. The van der Waals surface area contributed by atoms with E-state index < -0.39 is 18.0 Å². The Morgan fingerprint density at radius 3 is 2.59 bits per heavy atom. The molecule has 7 heteroatoms. The molecule has 1 aromatic carbocycles. The molecule has 1 radical (unpaired) electrons. The van der Waals surface area contributed by atoms with E-state index in [9.17, 15) is 18.0 Å². The Balaban J connectivity index is 3.11. The largest absolute Gasteiger partial charge is 0.573 e. The summed E-state index contributed by atoms with van der Waals surface area (Å²) in [6, 6.07) is 4.62. The summed E-state index contributed by atoms with van der Waals surface area (Å²) >= 11 is 0.